The number of carboxylic acids is 1. The number of aromatic nitrogens is 2. The molecule has 82 valence electrons. The second-order valence-corrected chi connectivity index (χ2v) is 3.66. The first-order chi connectivity index (χ1) is 7.04. The van der Waals surface area contributed by atoms with E-state index in [9.17, 15) is 4.79 Å². The van der Waals surface area contributed by atoms with Crippen LogP contribution in [0.15, 0.2) is 6.07 Å². The summed E-state index contributed by atoms with van der Waals surface area (Å²) in [5, 5.41) is 16.5. The minimum atomic E-state index is -1.05. The minimum Gasteiger partial charge on any atom is -0.479 e. The van der Waals surface area contributed by atoms with Crippen LogP contribution < -0.4 is 4.74 Å². The van der Waals surface area contributed by atoms with Crippen LogP contribution in [0.4, 0.5) is 0 Å². The summed E-state index contributed by atoms with van der Waals surface area (Å²) < 4.78 is 4.81. The molecule has 0 saturated carbocycles. The van der Waals surface area contributed by atoms with Gasteiger partial charge in [-0.25, -0.2) is 4.79 Å². The summed E-state index contributed by atoms with van der Waals surface area (Å²) >= 11 is 0. The van der Waals surface area contributed by atoms with E-state index in [2.05, 4.69) is 10.2 Å². The van der Waals surface area contributed by atoms with E-state index in [4.69, 9.17) is 9.84 Å². The molecule has 0 aliphatic carbocycles. The van der Waals surface area contributed by atoms with E-state index in [1.807, 2.05) is 13.8 Å². The molecule has 0 bridgehead atoms. The molecule has 1 aromatic heterocycles. The van der Waals surface area contributed by atoms with Crippen LogP contribution in [0, 0.1) is 5.92 Å². The van der Waals surface area contributed by atoms with Crippen molar-refractivity contribution in [2.75, 3.05) is 7.11 Å². The molecule has 1 heterocycles. The molecule has 0 spiro atoms. The topological polar surface area (TPSA) is 72.3 Å². The number of rotatable bonds is 4. The van der Waals surface area contributed by atoms with Gasteiger partial charge in [-0.05, 0) is 18.4 Å². The molecule has 1 rings (SSSR count). The maximum Gasteiger partial charge on any atom is 0.341 e. The third-order valence-corrected chi connectivity index (χ3v) is 1.85. The smallest absolute Gasteiger partial charge is 0.341 e. The first-order valence-electron chi connectivity index (χ1n) is 4.68. The molecule has 0 fully saturated rings. The fraction of sp³-hybridized carbons (Fsp3) is 0.500. The van der Waals surface area contributed by atoms with Gasteiger partial charge in [-0.1, -0.05) is 13.8 Å². The van der Waals surface area contributed by atoms with Gasteiger partial charge in [0, 0.05) is 0 Å². The number of carboxylic acid groups (broad SMARTS) is 1. The highest BCUT2D eigenvalue weighted by atomic mass is 16.5. The van der Waals surface area contributed by atoms with Crippen molar-refractivity contribution in [3.05, 3.63) is 17.3 Å². The molecule has 5 nitrogen and oxygen atoms in total. The van der Waals surface area contributed by atoms with E-state index in [0.29, 0.717) is 18.0 Å². The highest BCUT2D eigenvalue weighted by molar-refractivity contribution is 5.90. The maximum atomic E-state index is 10.9. The Hall–Kier alpha value is -1.65. The summed E-state index contributed by atoms with van der Waals surface area (Å²) in [7, 11) is 1.37. The van der Waals surface area contributed by atoms with Gasteiger partial charge in [0.05, 0.1) is 12.8 Å². The average molecular weight is 210 g/mol. The molecule has 0 radical (unpaired) electrons. The molecule has 0 aliphatic heterocycles. The number of hydrogen-bond acceptors (Lipinski definition) is 4. The fourth-order valence-corrected chi connectivity index (χ4v) is 1.24. The molecule has 1 aromatic rings. The first kappa shape index (κ1) is 11.4. The fourth-order valence-electron chi connectivity index (χ4n) is 1.24. The summed E-state index contributed by atoms with van der Waals surface area (Å²) in [6, 6.07) is 1.51. The zero-order valence-electron chi connectivity index (χ0n) is 9.02. The minimum absolute atomic E-state index is 0.0509. The third kappa shape index (κ3) is 2.90. The van der Waals surface area contributed by atoms with Crippen molar-refractivity contribution in [1.82, 2.24) is 10.2 Å². The highest BCUT2D eigenvalue weighted by Crippen LogP contribution is 2.16. The lowest BCUT2D eigenvalue weighted by Crippen LogP contribution is -2.07. The number of aromatic carboxylic acids is 1. The van der Waals surface area contributed by atoms with Gasteiger partial charge < -0.3 is 9.84 Å². The van der Waals surface area contributed by atoms with E-state index >= 15 is 0 Å². The molecule has 0 aromatic carbocycles. The van der Waals surface area contributed by atoms with Gasteiger partial charge >= 0.3 is 5.97 Å². The Kier molecular flexibility index (Phi) is 3.60. The Labute approximate surface area is 88.1 Å². The van der Waals surface area contributed by atoms with Crippen molar-refractivity contribution in [2.45, 2.75) is 20.3 Å². The molecular weight excluding hydrogens is 196 g/mol. The number of carbonyl (C=O) groups is 1. The van der Waals surface area contributed by atoms with Gasteiger partial charge in [0.25, 0.3) is 0 Å². The Balaban J connectivity index is 3.05. The molecule has 0 unspecified atom stereocenters. The van der Waals surface area contributed by atoms with Crippen molar-refractivity contribution in [3.63, 3.8) is 0 Å². The Morgan fingerprint density at radius 2 is 2.20 bits per heavy atom. The molecule has 15 heavy (non-hydrogen) atoms. The number of methoxy groups -OCH3 is 1. The maximum absolute atomic E-state index is 10.9. The number of nitrogens with zero attached hydrogens (tertiary/aromatic N) is 2. The molecule has 0 amide bonds. The zero-order chi connectivity index (χ0) is 11.4. The Morgan fingerprint density at radius 3 is 2.67 bits per heavy atom. The van der Waals surface area contributed by atoms with Crippen molar-refractivity contribution >= 4 is 5.97 Å². The average Bonchev–Trinajstić information content (AvgIpc) is 2.16. The van der Waals surface area contributed by atoms with E-state index in [0.717, 1.165) is 0 Å². The van der Waals surface area contributed by atoms with Crippen LogP contribution in [-0.2, 0) is 6.42 Å². The van der Waals surface area contributed by atoms with Gasteiger partial charge in [-0.2, -0.15) is 5.10 Å². The lowest BCUT2D eigenvalue weighted by atomic mass is 10.1. The summed E-state index contributed by atoms with van der Waals surface area (Å²) in [6.07, 6.45) is 0.706. The van der Waals surface area contributed by atoms with Gasteiger partial charge in [0.15, 0.2) is 0 Å². The van der Waals surface area contributed by atoms with Crippen molar-refractivity contribution in [3.8, 4) is 5.88 Å². The van der Waals surface area contributed by atoms with E-state index in [1.54, 1.807) is 0 Å². The van der Waals surface area contributed by atoms with Gasteiger partial charge in [0.2, 0.25) is 5.88 Å². The number of hydrogen-bond donors (Lipinski definition) is 1. The molecule has 0 saturated heterocycles. The second-order valence-electron chi connectivity index (χ2n) is 3.66. The van der Waals surface area contributed by atoms with Crippen molar-refractivity contribution in [2.24, 2.45) is 5.92 Å². The van der Waals surface area contributed by atoms with Crippen molar-refractivity contribution < 1.29 is 14.6 Å². The SMILES string of the molecule is COc1nnc(CC(C)C)cc1C(=O)O. The second kappa shape index (κ2) is 4.72. The molecule has 1 N–H and O–H groups in total. The van der Waals surface area contributed by atoms with E-state index < -0.39 is 5.97 Å². The monoisotopic (exact) mass is 210 g/mol. The van der Waals surface area contributed by atoms with E-state index in [1.165, 1.54) is 13.2 Å². The van der Waals surface area contributed by atoms with Crippen molar-refractivity contribution in [1.29, 1.82) is 0 Å². The largest absolute Gasteiger partial charge is 0.479 e. The van der Waals surface area contributed by atoms with Gasteiger partial charge in [-0.15, -0.1) is 5.10 Å². The van der Waals surface area contributed by atoms with Gasteiger partial charge in [0.1, 0.15) is 5.56 Å². The molecule has 0 atom stereocenters. The summed E-state index contributed by atoms with van der Waals surface area (Å²) in [4.78, 5) is 10.9. The normalized spacial score (nSPS) is 10.4. The standard InChI is InChI=1S/C10H14N2O3/c1-6(2)4-7-5-8(10(13)14)9(15-3)12-11-7/h5-6H,4H2,1-3H3,(H,13,14). The lowest BCUT2D eigenvalue weighted by molar-refractivity contribution is 0.0691. The van der Waals surface area contributed by atoms with Crippen LogP contribution >= 0.6 is 0 Å². The highest BCUT2D eigenvalue weighted by Gasteiger charge is 2.14. The van der Waals surface area contributed by atoms with Crippen LogP contribution in [0.25, 0.3) is 0 Å². The van der Waals surface area contributed by atoms with E-state index in [-0.39, 0.29) is 11.4 Å². The van der Waals surface area contributed by atoms with Gasteiger partial charge in [-0.3, -0.25) is 0 Å². The summed E-state index contributed by atoms with van der Waals surface area (Å²) in [5.41, 5.74) is 0.728. The molecular formula is C10H14N2O3. The van der Waals surface area contributed by atoms with Crippen LogP contribution in [0.2, 0.25) is 0 Å². The molecule has 5 heteroatoms. The summed E-state index contributed by atoms with van der Waals surface area (Å²) in [6.45, 7) is 4.07. The lowest BCUT2D eigenvalue weighted by Gasteiger charge is -2.06. The number of ether oxygens (including phenoxy) is 1. The van der Waals surface area contributed by atoms with Crippen LogP contribution in [-0.4, -0.2) is 28.4 Å². The van der Waals surface area contributed by atoms with Crippen LogP contribution in [0.5, 0.6) is 5.88 Å². The van der Waals surface area contributed by atoms with Crippen LogP contribution in [0.3, 0.4) is 0 Å². The first-order valence-corrected chi connectivity index (χ1v) is 4.68. The summed E-state index contributed by atoms with van der Waals surface area (Å²) in [5.74, 6) is -0.587. The third-order valence-electron chi connectivity index (χ3n) is 1.85. The Bertz CT molecular complexity index is 364. The molecule has 0 aliphatic rings. The Morgan fingerprint density at radius 1 is 1.53 bits per heavy atom. The zero-order valence-corrected chi connectivity index (χ0v) is 9.02. The quantitative estimate of drug-likeness (QED) is 0.812. The van der Waals surface area contributed by atoms with Crippen LogP contribution in [0.1, 0.15) is 29.9 Å². The predicted octanol–water partition coefficient (Wildman–Crippen LogP) is 1.38. The predicted molar refractivity (Wildman–Crippen MR) is 54.1 cm³/mol.